The van der Waals surface area contributed by atoms with E-state index in [1.165, 1.54) is 11.1 Å². The Kier molecular flexibility index (Phi) is 6.07. The van der Waals surface area contributed by atoms with Crippen molar-refractivity contribution in [2.45, 2.75) is 25.9 Å². The number of methoxy groups -OCH3 is 2. The van der Waals surface area contributed by atoms with Gasteiger partial charge in [0.05, 0.1) is 14.2 Å². The molecule has 1 amide bonds. The molecule has 0 radical (unpaired) electrons. The van der Waals surface area contributed by atoms with Gasteiger partial charge in [-0.25, -0.2) is 0 Å². The average molecular weight is 355 g/mol. The number of hydrogen-bond donors (Lipinski definition) is 1. The third-order valence-electron chi connectivity index (χ3n) is 4.66. The van der Waals surface area contributed by atoms with E-state index in [4.69, 9.17) is 9.47 Å². The van der Waals surface area contributed by atoms with E-state index in [0.29, 0.717) is 25.3 Å². The van der Waals surface area contributed by atoms with Crippen molar-refractivity contribution in [1.29, 1.82) is 0 Å². The highest BCUT2D eigenvalue weighted by molar-refractivity contribution is 5.76. The number of amides is 1. The maximum absolute atomic E-state index is 12.5. The van der Waals surface area contributed by atoms with E-state index in [-0.39, 0.29) is 5.91 Å². The number of nitrogens with zero attached hydrogens (tertiary/aromatic N) is 2. The third kappa shape index (κ3) is 4.32. The molecule has 6 heteroatoms. The van der Waals surface area contributed by atoms with Gasteiger partial charge < -0.3 is 19.7 Å². The monoisotopic (exact) mass is 355 g/mol. The minimum absolute atomic E-state index is 0.174. The Hall–Kier alpha value is -2.60. The van der Waals surface area contributed by atoms with Gasteiger partial charge in [-0.2, -0.15) is 0 Å². The predicted molar refractivity (Wildman–Crippen MR) is 99.2 cm³/mol. The maximum atomic E-state index is 12.5. The topological polar surface area (TPSA) is 63.7 Å². The Labute approximate surface area is 154 Å². The lowest BCUT2D eigenvalue weighted by atomic mass is 9.98. The normalized spacial score (nSPS) is 13.2. The summed E-state index contributed by atoms with van der Waals surface area (Å²) in [6.07, 6.45) is 4.88. The molecule has 0 saturated heterocycles. The third-order valence-corrected chi connectivity index (χ3v) is 4.66. The minimum Gasteiger partial charge on any atom is -0.493 e. The number of aromatic nitrogens is 1. The number of fused-ring (bicyclic) bond motifs is 1. The molecule has 3 rings (SSSR count). The Morgan fingerprint density at radius 2 is 1.85 bits per heavy atom. The second kappa shape index (κ2) is 8.67. The molecule has 0 fully saturated rings. The van der Waals surface area contributed by atoms with Gasteiger partial charge in [0.25, 0.3) is 0 Å². The van der Waals surface area contributed by atoms with E-state index in [1.807, 2.05) is 29.2 Å². The van der Waals surface area contributed by atoms with Crippen LogP contribution in [-0.2, 0) is 24.3 Å². The Morgan fingerprint density at radius 1 is 1.15 bits per heavy atom. The van der Waals surface area contributed by atoms with Crippen LogP contribution in [0.25, 0.3) is 0 Å². The fraction of sp³-hybridized carbons (Fsp3) is 0.400. The predicted octanol–water partition coefficient (Wildman–Crippen LogP) is 2.16. The number of rotatable bonds is 7. The molecule has 2 heterocycles. The van der Waals surface area contributed by atoms with Crippen molar-refractivity contribution in [3.05, 3.63) is 53.3 Å². The first-order valence-electron chi connectivity index (χ1n) is 8.82. The summed E-state index contributed by atoms with van der Waals surface area (Å²) >= 11 is 0. The van der Waals surface area contributed by atoms with Crippen LogP contribution in [0.1, 0.15) is 23.1 Å². The lowest BCUT2D eigenvalue weighted by Gasteiger charge is -2.29. The summed E-state index contributed by atoms with van der Waals surface area (Å²) in [6.45, 7) is 2.77. The van der Waals surface area contributed by atoms with Crippen LogP contribution in [0.3, 0.4) is 0 Å². The van der Waals surface area contributed by atoms with Crippen molar-refractivity contribution in [3.8, 4) is 11.5 Å². The van der Waals surface area contributed by atoms with Gasteiger partial charge in [0.1, 0.15) is 0 Å². The fourth-order valence-electron chi connectivity index (χ4n) is 3.18. The van der Waals surface area contributed by atoms with E-state index < -0.39 is 0 Å². The number of nitrogens with one attached hydrogen (secondary N) is 1. The van der Waals surface area contributed by atoms with Crippen LogP contribution in [0.4, 0.5) is 0 Å². The number of benzene rings is 1. The number of ether oxygens (including phenoxy) is 2. The van der Waals surface area contributed by atoms with Crippen LogP contribution in [0.15, 0.2) is 36.7 Å². The summed E-state index contributed by atoms with van der Waals surface area (Å²) in [7, 11) is 3.27. The second-order valence-electron chi connectivity index (χ2n) is 6.32. The van der Waals surface area contributed by atoms with Crippen molar-refractivity contribution >= 4 is 5.91 Å². The van der Waals surface area contributed by atoms with Crippen molar-refractivity contribution in [2.24, 2.45) is 0 Å². The molecule has 26 heavy (non-hydrogen) atoms. The molecule has 0 spiro atoms. The molecule has 0 saturated carbocycles. The van der Waals surface area contributed by atoms with Gasteiger partial charge in [0.15, 0.2) is 11.5 Å². The number of carbonyl (C=O) groups is 1. The zero-order valence-corrected chi connectivity index (χ0v) is 15.3. The largest absolute Gasteiger partial charge is 0.493 e. The quantitative estimate of drug-likeness (QED) is 0.771. The van der Waals surface area contributed by atoms with E-state index in [9.17, 15) is 4.79 Å². The molecule has 1 aromatic carbocycles. The van der Waals surface area contributed by atoms with Crippen LogP contribution >= 0.6 is 0 Å². The summed E-state index contributed by atoms with van der Waals surface area (Å²) in [5.74, 6) is 1.62. The van der Waals surface area contributed by atoms with Gasteiger partial charge in [0.2, 0.25) is 5.91 Å². The summed E-state index contributed by atoms with van der Waals surface area (Å²) < 4.78 is 10.7. The van der Waals surface area contributed by atoms with E-state index in [2.05, 4.69) is 10.3 Å². The van der Waals surface area contributed by atoms with Gasteiger partial charge >= 0.3 is 0 Å². The molecule has 1 aliphatic rings. The number of carbonyl (C=O) groups excluding carboxylic acids is 1. The molecule has 0 unspecified atom stereocenters. The van der Waals surface area contributed by atoms with Gasteiger partial charge in [-0.05, 0) is 47.4 Å². The maximum Gasteiger partial charge on any atom is 0.224 e. The van der Waals surface area contributed by atoms with Gasteiger partial charge in [-0.15, -0.1) is 0 Å². The standard InChI is InChI=1S/C20H25N3O3/c1-25-18-11-16-6-10-23(14-17(16)12-19(18)26-2)20(24)5-9-22-13-15-3-7-21-8-4-15/h3-4,7-8,11-12,22H,5-6,9-10,13-14H2,1-2H3. The smallest absolute Gasteiger partial charge is 0.224 e. The molecule has 2 aromatic rings. The average Bonchev–Trinajstić information content (AvgIpc) is 2.70. The molecule has 0 atom stereocenters. The van der Waals surface area contributed by atoms with Crippen LogP contribution in [0.5, 0.6) is 11.5 Å². The number of pyridine rings is 1. The molecule has 6 nitrogen and oxygen atoms in total. The molecule has 1 N–H and O–H groups in total. The van der Waals surface area contributed by atoms with Crippen LogP contribution in [-0.4, -0.2) is 43.1 Å². The summed E-state index contributed by atoms with van der Waals surface area (Å²) in [4.78, 5) is 18.4. The molecule has 1 aromatic heterocycles. The highest BCUT2D eigenvalue weighted by Gasteiger charge is 2.22. The first kappa shape index (κ1) is 18.2. The van der Waals surface area contributed by atoms with Gasteiger partial charge in [0, 0.05) is 45.0 Å². The highest BCUT2D eigenvalue weighted by atomic mass is 16.5. The van der Waals surface area contributed by atoms with Crippen molar-refractivity contribution in [1.82, 2.24) is 15.2 Å². The molecule has 138 valence electrons. The highest BCUT2D eigenvalue weighted by Crippen LogP contribution is 2.33. The molecule has 0 aliphatic carbocycles. The molecule has 1 aliphatic heterocycles. The first-order valence-corrected chi connectivity index (χ1v) is 8.82. The van der Waals surface area contributed by atoms with Crippen molar-refractivity contribution < 1.29 is 14.3 Å². The summed E-state index contributed by atoms with van der Waals surface area (Å²) in [5.41, 5.74) is 3.52. The Balaban J connectivity index is 1.52. The van der Waals surface area contributed by atoms with Crippen LogP contribution < -0.4 is 14.8 Å². The zero-order valence-electron chi connectivity index (χ0n) is 15.3. The van der Waals surface area contributed by atoms with Gasteiger partial charge in [-0.1, -0.05) is 0 Å². The van der Waals surface area contributed by atoms with E-state index >= 15 is 0 Å². The summed E-state index contributed by atoms with van der Waals surface area (Å²) in [5, 5.41) is 3.31. The molecular formula is C20H25N3O3. The van der Waals surface area contributed by atoms with Crippen LogP contribution in [0, 0.1) is 0 Å². The van der Waals surface area contributed by atoms with Crippen molar-refractivity contribution in [2.75, 3.05) is 27.3 Å². The summed E-state index contributed by atoms with van der Waals surface area (Å²) in [6, 6.07) is 7.94. The number of hydrogen-bond acceptors (Lipinski definition) is 5. The second-order valence-corrected chi connectivity index (χ2v) is 6.32. The van der Waals surface area contributed by atoms with Crippen LogP contribution in [0.2, 0.25) is 0 Å². The van der Waals surface area contributed by atoms with E-state index in [0.717, 1.165) is 30.8 Å². The Morgan fingerprint density at radius 3 is 2.54 bits per heavy atom. The lowest BCUT2D eigenvalue weighted by Crippen LogP contribution is -2.37. The first-order chi connectivity index (χ1) is 12.7. The fourth-order valence-corrected chi connectivity index (χ4v) is 3.18. The molecular weight excluding hydrogens is 330 g/mol. The minimum atomic E-state index is 0.174. The van der Waals surface area contributed by atoms with Gasteiger partial charge in [-0.3, -0.25) is 9.78 Å². The van der Waals surface area contributed by atoms with Crippen molar-refractivity contribution in [3.63, 3.8) is 0 Å². The zero-order chi connectivity index (χ0) is 18.4. The lowest BCUT2D eigenvalue weighted by molar-refractivity contribution is -0.132. The van der Waals surface area contributed by atoms with E-state index in [1.54, 1.807) is 26.6 Å². The molecule has 0 bridgehead atoms. The Bertz CT molecular complexity index is 749. The SMILES string of the molecule is COc1cc2c(cc1OC)CN(C(=O)CCNCc1ccncc1)CC2.